The van der Waals surface area contributed by atoms with Gasteiger partial charge >= 0.3 is 5.69 Å². The number of fused-ring (bicyclic) bond motifs is 2. The lowest BCUT2D eigenvalue weighted by Crippen LogP contribution is -2.44. The smallest absolute Gasteiger partial charge is 0.327 e. The number of carbonyl (C=O) groups excluding carboxylic acids is 1. The lowest BCUT2D eigenvalue weighted by atomic mass is 10.0. The molecular weight excluding hydrogens is 451 g/mol. The van der Waals surface area contributed by atoms with E-state index in [0.717, 1.165) is 15.8 Å². The highest BCUT2D eigenvalue weighted by Gasteiger charge is 2.31. The summed E-state index contributed by atoms with van der Waals surface area (Å²) in [5.41, 5.74) is 3.07. The Morgan fingerprint density at radius 2 is 1.97 bits per heavy atom. The van der Waals surface area contributed by atoms with E-state index in [9.17, 15) is 19.2 Å². The molecule has 2 aliphatic heterocycles. The number of amides is 1. The number of aromatic amines is 1. The minimum absolute atomic E-state index is 0.0110. The van der Waals surface area contributed by atoms with Crippen molar-refractivity contribution in [1.29, 1.82) is 0 Å². The first-order valence-corrected chi connectivity index (χ1v) is 11.6. The Hall–Kier alpha value is -4.21. The normalized spacial score (nSPS) is 16.1. The Bertz CT molecular complexity index is 1500. The number of halogens is 1. The Kier molecular flexibility index (Phi) is 5.01. The molecule has 10 heteroatoms. The van der Waals surface area contributed by atoms with Crippen molar-refractivity contribution in [2.75, 3.05) is 29.4 Å². The van der Waals surface area contributed by atoms with Gasteiger partial charge in [-0.25, -0.2) is 18.9 Å². The lowest BCUT2D eigenvalue weighted by Gasteiger charge is -2.30. The summed E-state index contributed by atoms with van der Waals surface area (Å²) < 4.78 is 16.1. The van der Waals surface area contributed by atoms with Crippen LogP contribution in [0.1, 0.15) is 34.8 Å². The molecule has 0 spiro atoms. The first kappa shape index (κ1) is 21.3. The molecule has 4 aromatic rings. The number of nitrogens with zero attached hydrogens (tertiary/aromatic N) is 5. The van der Waals surface area contributed by atoms with Crippen molar-refractivity contribution in [3.8, 4) is 0 Å². The molecule has 0 unspecified atom stereocenters. The standard InChI is InChI=1S/C25H23FN6O3/c26-18-3-4-20-16(14-18)5-12-30(20)24(33)17-6-13-31(35)22(15-17)29-10-7-19(8-11-29)32-21-2-1-9-27-23(21)28-25(32)34/h1-4,6,9,13-15,19H,5,7-8,10-12H2,(H,27,28,34). The molecule has 35 heavy (non-hydrogen) atoms. The van der Waals surface area contributed by atoms with Gasteiger partial charge in [0.05, 0.1) is 30.4 Å². The molecule has 3 aromatic heterocycles. The van der Waals surface area contributed by atoms with Gasteiger partial charge in [-0.2, -0.15) is 0 Å². The van der Waals surface area contributed by atoms with E-state index in [2.05, 4.69) is 9.97 Å². The quantitative estimate of drug-likeness (QED) is 0.363. The van der Waals surface area contributed by atoms with Gasteiger partial charge < -0.3 is 10.1 Å². The third kappa shape index (κ3) is 3.61. The molecule has 1 amide bonds. The van der Waals surface area contributed by atoms with Gasteiger partial charge in [0.2, 0.25) is 0 Å². The fourth-order valence-electron chi connectivity index (χ4n) is 5.25. The Morgan fingerprint density at radius 3 is 2.80 bits per heavy atom. The number of H-pyrrole nitrogens is 1. The molecule has 1 aromatic carbocycles. The van der Waals surface area contributed by atoms with Crippen LogP contribution in [0.2, 0.25) is 0 Å². The van der Waals surface area contributed by atoms with E-state index in [4.69, 9.17) is 0 Å². The molecule has 0 aliphatic carbocycles. The topological polar surface area (TPSA) is 101 Å². The number of aromatic nitrogens is 4. The van der Waals surface area contributed by atoms with E-state index in [-0.39, 0.29) is 23.5 Å². The van der Waals surface area contributed by atoms with Crippen LogP contribution in [0.5, 0.6) is 0 Å². The second kappa shape index (κ2) is 8.23. The third-order valence-corrected chi connectivity index (χ3v) is 6.97. The number of hydrogen-bond donors (Lipinski definition) is 1. The van der Waals surface area contributed by atoms with E-state index in [1.807, 2.05) is 11.0 Å². The molecule has 5 heterocycles. The fraction of sp³-hybridized carbons (Fsp3) is 0.280. The highest BCUT2D eigenvalue weighted by Crippen LogP contribution is 2.31. The largest absolute Gasteiger partial charge is 0.711 e. The highest BCUT2D eigenvalue weighted by molar-refractivity contribution is 6.07. The maximum absolute atomic E-state index is 13.6. The number of hydrogen-bond acceptors (Lipinski definition) is 5. The van der Waals surface area contributed by atoms with Crippen LogP contribution in [-0.4, -0.2) is 40.1 Å². The number of pyridine rings is 2. The van der Waals surface area contributed by atoms with Gasteiger partial charge in [-0.05, 0) is 48.4 Å². The van der Waals surface area contributed by atoms with Gasteiger partial charge in [0.1, 0.15) is 5.82 Å². The van der Waals surface area contributed by atoms with Gasteiger partial charge in [0.15, 0.2) is 5.65 Å². The predicted octanol–water partition coefficient (Wildman–Crippen LogP) is 2.54. The molecule has 1 fully saturated rings. The maximum Gasteiger partial charge on any atom is 0.327 e. The van der Waals surface area contributed by atoms with Crippen LogP contribution in [0.15, 0.2) is 59.7 Å². The van der Waals surface area contributed by atoms with Crippen LogP contribution in [0.25, 0.3) is 11.2 Å². The molecule has 1 N–H and O–H groups in total. The average Bonchev–Trinajstić information content (AvgIpc) is 3.43. The zero-order chi connectivity index (χ0) is 24.1. The minimum atomic E-state index is -0.318. The molecule has 0 atom stereocenters. The lowest BCUT2D eigenvalue weighted by molar-refractivity contribution is -0.592. The first-order valence-electron chi connectivity index (χ1n) is 11.6. The van der Waals surface area contributed by atoms with E-state index in [1.165, 1.54) is 24.4 Å². The molecule has 0 bridgehead atoms. The van der Waals surface area contributed by atoms with Gasteiger partial charge in [-0.1, -0.05) is 0 Å². The Balaban J connectivity index is 1.22. The zero-order valence-electron chi connectivity index (χ0n) is 18.9. The van der Waals surface area contributed by atoms with E-state index in [0.29, 0.717) is 61.6 Å². The molecule has 1 saturated heterocycles. The van der Waals surface area contributed by atoms with Crippen molar-refractivity contribution in [1.82, 2.24) is 14.5 Å². The Morgan fingerprint density at radius 1 is 1.14 bits per heavy atom. The van der Waals surface area contributed by atoms with Crippen molar-refractivity contribution in [2.45, 2.75) is 25.3 Å². The van der Waals surface area contributed by atoms with Crippen molar-refractivity contribution in [2.24, 2.45) is 0 Å². The second-order valence-electron chi connectivity index (χ2n) is 8.97. The molecule has 178 valence electrons. The van der Waals surface area contributed by atoms with Crippen LogP contribution >= 0.6 is 0 Å². The van der Waals surface area contributed by atoms with Crippen molar-refractivity contribution < 1.29 is 13.9 Å². The number of anilines is 2. The molecule has 9 nitrogen and oxygen atoms in total. The van der Waals surface area contributed by atoms with Crippen molar-refractivity contribution in [3.63, 3.8) is 0 Å². The summed E-state index contributed by atoms with van der Waals surface area (Å²) in [5, 5.41) is 12.6. The number of rotatable bonds is 3. The Labute approximate surface area is 199 Å². The SMILES string of the molecule is O=C(c1cc[n+]([O-])c(N2CCC(n3c(=O)[nH]c4ncccc43)CC2)c1)N1CCc2cc(F)ccc21. The third-order valence-electron chi connectivity index (χ3n) is 6.97. The van der Waals surface area contributed by atoms with Crippen LogP contribution in [0, 0.1) is 11.0 Å². The summed E-state index contributed by atoms with van der Waals surface area (Å²) in [5.74, 6) is -0.132. The zero-order valence-corrected chi connectivity index (χ0v) is 18.9. The van der Waals surface area contributed by atoms with Crippen molar-refractivity contribution >= 4 is 28.6 Å². The number of piperidine rings is 1. The van der Waals surface area contributed by atoms with E-state index < -0.39 is 0 Å². The molecule has 0 radical (unpaired) electrons. The highest BCUT2D eigenvalue weighted by atomic mass is 19.1. The van der Waals surface area contributed by atoms with Gasteiger partial charge in [-0.15, -0.1) is 0 Å². The number of nitrogens with one attached hydrogen (secondary N) is 1. The van der Waals surface area contributed by atoms with Crippen LogP contribution in [0.4, 0.5) is 15.9 Å². The summed E-state index contributed by atoms with van der Waals surface area (Å²) >= 11 is 0. The predicted molar refractivity (Wildman–Crippen MR) is 128 cm³/mol. The number of carbonyl (C=O) groups is 1. The molecule has 6 rings (SSSR count). The fourth-order valence-corrected chi connectivity index (χ4v) is 5.25. The van der Waals surface area contributed by atoms with Crippen molar-refractivity contribution in [3.05, 3.63) is 87.5 Å². The van der Waals surface area contributed by atoms with E-state index in [1.54, 1.807) is 33.9 Å². The molecular formula is C25H23FN6O3. The second-order valence-corrected chi connectivity index (χ2v) is 8.97. The average molecular weight is 474 g/mol. The first-order chi connectivity index (χ1) is 17.0. The van der Waals surface area contributed by atoms with Gasteiger partial charge in [0.25, 0.3) is 11.7 Å². The summed E-state index contributed by atoms with van der Waals surface area (Å²) in [4.78, 5) is 36.4. The molecule has 2 aliphatic rings. The maximum atomic E-state index is 13.6. The summed E-state index contributed by atoms with van der Waals surface area (Å²) in [6.07, 6.45) is 4.93. The van der Waals surface area contributed by atoms with Crippen LogP contribution in [-0.2, 0) is 6.42 Å². The minimum Gasteiger partial charge on any atom is -0.711 e. The van der Waals surface area contributed by atoms with Gasteiger partial charge in [-0.3, -0.25) is 19.2 Å². The number of benzene rings is 1. The summed E-state index contributed by atoms with van der Waals surface area (Å²) in [6.45, 7) is 1.60. The van der Waals surface area contributed by atoms with Gasteiger partial charge in [0, 0.05) is 43.4 Å². The molecule has 0 saturated carbocycles. The van der Waals surface area contributed by atoms with Crippen LogP contribution < -0.4 is 20.2 Å². The summed E-state index contributed by atoms with van der Waals surface area (Å²) in [7, 11) is 0. The number of imidazole rings is 1. The monoisotopic (exact) mass is 474 g/mol. The van der Waals surface area contributed by atoms with E-state index >= 15 is 0 Å². The van der Waals surface area contributed by atoms with Crippen LogP contribution in [0.3, 0.4) is 0 Å². The summed E-state index contributed by atoms with van der Waals surface area (Å²) in [6, 6.07) is 11.3.